The molecule has 1 atom stereocenters. The molecule has 0 aliphatic carbocycles. The lowest BCUT2D eigenvalue weighted by molar-refractivity contribution is 0.0943. The summed E-state index contributed by atoms with van der Waals surface area (Å²) in [4.78, 5) is 12.2. The Bertz CT molecular complexity index is 1010. The summed E-state index contributed by atoms with van der Waals surface area (Å²) in [5.41, 5.74) is 5.61. The summed E-state index contributed by atoms with van der Waals surface area (Å²) < 4.78 is 32.9. The van der Waals surface area contributed by atoms with Crippen LogP contribution in [0.15, 0.2) is 53.4 Å². The third-order valence-corrected chi connectivity index (χ3v) is 6.31. The average molecular weight is 469 g/mol. The average Bonchev–Trinajstić information content (AvgIpc) is 3.26. The first-order valence-corrected chi connectivity index (χ1v) is 11.5. The van der Waals surface area contributed by atoms with Gasteiger partial charge in [-0.05, 0) is 61.5 Å². The van der Waals surface area contributed by atoms with Crippen LogP contribution in [-0.4, -0.2) is 38.7 Å². The van der Waals surface area contributed by atoms with Crippen molar-refractivity contribution < 1.29 is 17.9 Å². The molecule has 4 N–H and O–H groups in total. The number of carbonyl (C=O) groups is 1. The Morgan fingerprint density at radius 3 is 2.53 bits per heavy atom. The highest BCUT2D eigenvalue weighted by Crippen LogP contribution is 2.24. The van der Waals surface area contributed by atoms with Gasteiger partial charge in [0.25, 0.3) is 15.9 Å². The molecule has 1 amide bonds. The second kappa shape index (κ2) is 10.1. The quantitative estimate of drug-likeness (QED) is 0.381. The van der Waals surface area contributed by atoms with Gasteiger partial charge in [-0.15, -0.1) is 0 Å². The van der Waals surface area contributed by atoms with Gasteiger partial charge in [0.1, 0.15) is 0 Å². The molecule has 1 heterocycles. The van der Waals surface area contributed by atoms with Gasteiger partial charge in [-0.2, -0.15) is 0 Å². The zero-order valence-electron chi connectivity index (χ0n) is 15.9. The topological polar surface area (TPSA) is 109 Å². The first kappa shape index (κ1) is 22.3. The number of benzene rings is 2. The van der Waals surface area contributed by atoms with Crippen molar-refractivity contribution in [3.8, 4) is 0 Å². The van der Waals surface area contributed by atoms with Crippen molar-refractivity contribution in [3.63, 3.8) is 0 Å². The zero-order valence-corrected chi connectivity index (χ0v) is 18.2. The van der Waals surface area contributed by atoms with Crippen molar-refractivity contribution in [2.45, 2.75) is 23.8 Å². The minimum atomic E-state index is -3.84. The maximum absolute atomic E-state index is 12.5. The van der Waals surface area contributed by atoms with Gasteiger partial charge in [0.2, 0.25) is 0 Å². The molecule has 30 heavy (non-hydrogen) atoms. The van der Waals surface area contributed by atoms with E-state index in [4.69, 9.17) is 28.6 Å². The normalized spacial score (nSPS) is 16.0. The van der Waals surface area contributed by atoms with Gasteiger partial charge in [-0.1, -0.05) is 23.7 Å². The Hall–Kier alpha value is -2.40. The molecule has 0 radical (unpaired) electrons. The molecule has 3 rings (SSSR count). The molecule has 1 saturated heterocycles. The van der Waals surface area contributed by atoms with E-state index in [0.717, 1.165) is 19.4 Å². The van der Waals surface area contributed by atoms with Crippen LogP contribution >= 0.6 is 23.8 Å². The minimum Gasteiger partial charge on any atom is -0.376 e. The number of hydrogen-bond donors (Lipinski definition) is 4. The molecule has 1 aliphatic rings. The maximum atomic E-state index is 12.5. The number of rotatable bonds is 6. The number of anilines is 1. The van der Waals surface area contributed by atoms with E-state index in [1.807, 2.05) is 0 Å². The van der Waals surface area contributed by atoms with Gasteiger partial charge >= 0.3 is 0 Å². The second-order valence-electron chi connectivity index (χ2n) is 6.53. The van der Waals surface area contributed by atoms with E-state index in [0.29, 0.717) is 6.54 Å². The Kier molecular flexibility index (Phi) is 7.48. The van der Waals surface area contributed by atoms with E-state index < -0.39 is 15.9 Å². The fourth-order valence-electron chi connectivity index (χ4n) is 2.77. The van der Waals surface area contributed by atoms with Gasteiger partial charge in [0.05, 0.1) is 21.7 Å². The summed E-state index contributed by atoms with van der Waals surface area (Å²) in [5.74, 6) is -0.459. The fraction of sp³-hybridized carbons (Fsp3) is 0.263. The van der Waals surface area contributed by atoms with E-state index in [-0.39, 0.29) is 32.4 Å². The van der Waals surface area contributed by atoms with Crippen molar-refractivity contribution in [1.29, 1.82) is 0 Å². The maximum Gasteiger partial charge on any atom is 0.269 e. The number of amides is 1. The summed E-state index contributed by atoms with van der Waals surface area (Å²) in [6, 6.07) is 12.0. The fourth-order valence-corrected chi connectivity index (χ4v) is 4.23. The molecule has 0 aromatic heterocycles. The molecular formula is C19H21ClN4O4S2. The highest BCUT2D eigenvalue weighted by atomic mass is 35.5. The first-order chi connectivity index (χ1) is 14.3. The van der Waals surface area contributed by atoms with Crippen molar-refractivity contribution in [2.24, 2.45) is 0 Å². The molecule has 160 valence electrons. The summed E-state index contributed by atoms with van der Waals surface area (Å²) in [5, 5.41) is 3.52. The van der Waals surface area contributed by atoms with E-state index in [1.165, 1.54) is 24.3 Å². The van der Waals surface area contributed by atoms with Gasteiger partial charge < -0.3 is 10.1 Å². The molecule has 0 bridgehead atoms. The molecule has 2 aromatic carbocycles. The van der Waals surface area contributed by atoms with Crippen LogP contribution in [0, 0.1) is 0 Å². The molecule has 8 nitrogen and oxygen atoms in total. The van der Waals surface area contributed by atoms with Crippen LogP contribution in [-0.2, 0) is 14.8 Å². The molecule has 0 saturated carbocycles. The van der Waals surface area contributed by atoms with Gasteiger partial charge in [-0.3, -0.25) is 20.4 Å². The van der Waals surface area contributed by atoms with E-state index >= 15 is 0 Å². The van der Waals surface area contributed by atoms with Crippen molar-refractivity contribution in [2.75, 3.05) is 17.9 Å². The Balaban J connectivity index is 1.53. The molecule has 1 aliphatic heterocycles. The lowest BCUT2D eigenvalue weighted by Gasteiger charge is -2.14. The number of halogens is 1. The third-order valence-electron chi connectivity index (χ3n) is 4.35. The Morgan fingerprint density at radius 2 is 1.87 bits per heavy atom. The highest BCUT2D eigenvalue weighted by Gasteiger charge is 2.17. The molecule has 1 fully saturated rings. The van der Waals surface area contributed by atoms with Crippen LogP contribution in [0.2, 0.25) is 5.02 Å². The van der Waals surface area contributed by atoms with E-state index in [1.54, 1.807) is 24.3 Å². The van der Waals surface area contributed by atoms with Crippen molar-refractivity contribution in [1.82, 2.24) is 16.2 Å². The summed E-state index contributed by atoms with van der Waals surface area (Å²) in [6.45, 7) is 1.32. The van der Waals surface area contributed by atoms with Crippen molar-refractivity contribution in [3.05, 3.63) is 59.1 Å². The monoisotopic (exact) mass is 468 g/mol. The molecule has 0 spiro atoms. The Morgan fingerprint density at radius 1 is 1.13 bits per heavy atom. The number of ether oxygens (including phenoxy) is 1. The summed E-state index contributed by atoms with van der Waals surface area (Å²) >= 11 is 11.1. The number of para-hydroxylation sites is 1. The third kappa shape index (κ3) is 6.05. The SMILES string of the molecule is O=C(NNC(=S)NCC1CCCO1)c1ccc(S(=O)(=O)Nc2ccccc2Cl)cc1. The number of thiocarbonyl (C=S) groups is 1. The van der Waals surface area contributed by atoms with Crippen LogP contribution in [0.1, 0.15) is 23.2 Å². The molecule has 2 aromatic rings. The van der Waals surface area contributed by atoms with Crippen LogP contribution in [0.25, 0.3) is 0 Å². The lowest BCUT2D eigenvalue weighted by Crippen LogP contribution is -2.48. The highest BCUT2D eigenvalue weighted by molar-refractivity contribution is 7.92. The van der Waals surface area contributed by atoms with Crippen LogP contribution in [0.4, 0.5) is 5.69 Å². The smallest absolute Gasteiger partial charge is 0.269 e. The zero-order chi connectivity index (χ0) is 21.6. The molecule has 11 heteroatoms. The van der Waals surface area contributed by atoms with Gasteiger partial charge in [-0.25, -0.2) is 8.42 Å². The second-order valence-corrected chi connectivity index (χ2v) is 9.03. The first-order valence-electron chi connectivity index (χ1n) is 9.18. The number of hydrogen-bond acceptors (Lipinski definition) is 5. The molecular weight excluding hydrogens is 448 g/mol. The van der Waals surface area contributed by atoms with Crippen LogP contribution < -0.4 is 20.9 Å². The summed E-state index contributed by atoms with van der Waals surface area (Å²) in [7, 11) is -3.84. The number of nitrogens with one attached hydrogen (secondary N) is 4. The van der Waals surface area contributed by atoms with Crippen molar-refractivity contribution >= 4 is 50.5 Å². The summed E-state index contributed by atoms with van der Waals surface area (Å²) in [6.07, 6.45) is 2.13. The molecule has 1 unspecified atom stereocenters. The van der Waals surface area contributed by atoms with Gasteiger partial charge in [0, 0.05) is 18.7 Å². The lowest BCUT2D eigenvalue weighted by atomic mass is 10.2. The van der Waals surface area contributed by atoms with E-state index in [2.05, 4.69) is 20.9 Å². The predicted molar refractivity (Wildman–Crippen MR) is 119 cm³/mol. The predicted octanol–water partition coefficient (Wildman–Crippen LogP) is 2.43. The standard InChI is InChI=1S/C19H21ClN4O4S2/c20-16-5-1-2-6-17(16)24-30(26,27)15-9-7-13(8-10-15)18(25)22-23-19(29)21-12-14-4-3-11-28-14/h1-2,5-10,14,24H,3-4,11-12H2,(H,22,25)(H2,21,23,29). The minimum absolute atomic E-state index is 0.000630. The number of sulfonamides is 1. The number of hydrazine groups is 1. The number of carbonyl (C=O) groups excluding carboxylic acids is 1. The Labute approximate surface area is 185 Å². The largest absolute Gasteiger partial charge is 0.376 e. The van der Waals surface area contributed by atoms with E-state index in [9.17, 15) is 13.2 Å². The van der Waals surface area contributed by atoms with Gasteiger partial charge in [0.15, 0.2) is 5.11 Å². The van der Waals surface area contributed by atoms with Crippen LogP contribution in [0.3, 0.4) is 0 Å². The van der Waals surface area contributed by atoms with Crippen LogP contribution in [0.5, 0.6) is 0 Å².